The maximum Gasteiger partial charge on any atom is 0.322 e. The number of amides is 4. The summed E-state index contributed by atoms with van der Waals surface area (Å²) in [4.78, 5) is 37.7. The molecular weight excluding hydrogens is 306 g/mol. The van der Waals surface area contributed by atoms with E-state index >= 15 is 0 Å². The molecule has 4 atom stereocenters. The lowest BCUT2D eigenvalue weighted by atomic mass is 9.85. The molecule has 2 aliphatic carbocycles. The third-order valence-electron chi connectivity index (χ3n) is 4.54. The van der Waals surface area contributed by atoms with E-state index in [1.165, 1.54) is 16.8 Å². The lowest BCUT2D eigenvalue weighted by Crippen LogP contribution is -2.43. The van der Waals surface area contributed by atoms with E-state index in [9.17, 15) is 14.4 Å². The number of rotatable bonds is 3. The van der Waals surface area contributed by atoms with Gasteiger partial charge in [0, 0.05) is 0 Å². The molecule has 22 heavy (non-hydrogen) atoms. The minimum absolute atomic E-state index is 0.116. The van der Waals surface area contributed by atoms with Crippen molar-refractivity contribution in [1.29, 1.82) is 0 Å². The second-order valence-electron chi connectivity index (χ2n) is 5.64. The fraction of sp³-hybridized carbons (Fsp3) is 0.462. The molecule has 1 aromatic heterocycles. The van der Waals surface area contributed by atoms with E-state index in [2.05, 4.69) is 20.8 Å². The number of hydrogen-bond donors (Lipinski definition) is 2. The Morgan fingerprint density at radius 2 is 1.95 bits per heavy atom. The number of nitrogens with zero attached hydrogens (tertiary/aromatic N) is 3. The lowest BCUT2D eigenvalue weighted by Gasteiger charge is -2.17. The average Bonchev–Trinajstić information content (AvgIpc) is 3.24. The van der Waals surface area contributed by atoms with E-state index in [1.54, 1.807) is 0 Å². The summed E-state index contributed by atoms with van der Waals surface area (Å²) in [6.07, 6.45) is 4.97. The third kappa shape index (κ3) is 1.92. The summed E-state index contributed by atoms with van der Waals surface area (Å²) in [5.74, 6) is -0.490. The Labute approximate surface area is 129 Å². The summed E-state index contributed by atoms with van der Waals surface area (Å²) in [7, 11) is 0. The summed E-state index contributed by atoms with van der Waals surface area (Å²) in [6.45, 7) is -0.116. The predicted octanol–water partition coefficient (Wildman–Crippen LogP) is 0.424. The largest absolute Gasteiger partial charge is 0.322 e. The van der Waals surface area contributed by atoms with Gasteiger partial charge < -0.3 is 5.32 Å². The van der Waals surface area contributed by atoms with E-state index in [0.29, 0.717) is 5.13 Å². The third-order valence-corrected chi connectivity index (χ3v) is 5.15. The molecule has 114 valence electrons. The van der Waals surface area contributed by atoms with Gasteiger partial charge in [0.25, 0.3) is 0 Å². The van der Waals surface area contributed by atoms with Crippen molar-refractivity contribution in [2.75, 3.05) is 12.0 Å². The van der Waals surface area contributed by atoms with Gasteiger partial charge in [-0.05, 0) is 18.3 Å². The maximum absolute atomic E-state index is 12.4. The number of likely N-dealkylation sites (tertiary alicyclic amines) is 1. The summed E-state index contributed by atoms with van der Waals surface area (Å²) in [6, 6.07) is -0.518. The molecule has 1 saturated carbocycles. The van der Waals surface area contributed by atoms with Crippen molar-refractivity contribution in [1.82, 2.24) is 20.4 Å². The summed E-state index contributed by atoms with van der Waals surface area (Å²) in [5.41, 5.74) is 1.49. The Morgan fingerprint density at radius 3 is 2.55 bits per heavy atom. The number of allylic oxidation sites excluding steroid dienone is 2. The first-order chi connectivity index (χ1) is 10.6. The molecule has 1 saturated heterocycles. The molecule has 2 heterocycles. The number of aromatic nitrogens is 2. The molecule has 3 aliphatic rings. The topological polar surface area (TPSA) is 104 Å². The van der Waals surface area contributed by atoms with Crippen LogP contribution in [0, 0.1) is 23.7 Å². The van der Waals surface area contributed by atoms with Crippen LogP contribution in [-0.2, 0) is 9.59 Å². The Morgan fingerprint density at radius 1 is 1.27 bits per heavy atom. The highest BCUT2D eigenvalue weighted by Crippen LogP contribution is 2.52. The van der Waals surface area contributed by atoms with Crippen molar-refractivity contribution in [3.63, 3.8) is 0 Å². The molecule has 2 N–H and O–H groups in total. The van der Waals surface area contributed by atoms with Gasteiger partial charge in [0.2, 0.25) is 16.9 Å². The van der Waals surface area contributed by atoms with Gasteiger partial charge in [-0.2, -0.15) is 0 Å². The zero-order valence-electron chi connectivity index (χ0n) is 11.4. The zero-order valence-corrected chi connectivity index (χ0v) is 12.2. The van der Waals surface area contributed by atoms with Crippen LogP contribution in [0.1, 0.15) is 6.42 Å². The Kier molecular flexibility index (Phi) is 2.96. The van der Waals surface area contributed by atoms with Gasteiger partial charge in [-0.3, -0.25) is 19.8 Å². The minimum atomic E-state index is -0.518. The smallest absolute Gasteiger partial charge is 0.320 e. The van der Waals surface area contributed by atoms with Crippen LogP contribution in [0.4, 0.5) is 9.93 Å². The van der Waals surface area contributed by atoms with Gasteiger partial charge in [-0.25, -0.2) is 4.79 Å². The van der Waals surface area contributed by atoms with Crippen LogP contribution in [0.5, 0.6) is 0 Å². The van der Waals surface area contributed by atoms with E-state index in [1.807, 2.05) is 12.2 Å². The molecule has 9 heteroatoms. The average molecular weight is 319 g/mol. The van der Waals surface area contributed by atoms with E-state index in [0.717, 1.165) is 11.3 Å². The highest BCUT2D eigenvalue weighted by atomic mass is 32.1. The molecule has 4 rings (SSSR count). The lowest BCUT2D eigenvalue weighted by molar-refractivity contribution is -0.140. The molecule has 1 aromatic rings. The first-order valence-corrected chi connectivity index (χ1v) is 7.87. The highest BCUT2D eigenvalue weighted by Gasteiger charge is 2.59. The van der Waals surface area contributed by atoms with Gasteiger partial charge in [-0.1, -0.05) is 23.5 Å². The Hall–Kier alpha value is -2.29. The van der Waals surface area contributed by atoms with Crippen molar-refractivity contribution >= 4 is 34.3 Å². The fourth-order valence-corrected chi connectivity index (χ4v) is 4.08. The van der Waals surface area contributed by atoms with Crippen LogP contribution in [0.25, 0.3) is 0 Å². The van der Waals surface area contributed by atoms with Crippen LogP contribution >= 0.6 is 11.3 Å². The van der Waals surface area contributed by atoms with Crippen molar-refractivity contribution in [3.05, 3.63) is 17.7 Å². The van der Waals surface area contributed by atoms with Crippen molar-refractivity contribution in [3.8, 4) is 0 Å². The first-order valence-electron chi connectivity index (χ1n) is 6.99. The highest BCUT2D eigenvalue weighted by molar-refractivity contribution is 7.13. The molecule has 0 spiro atoms. The maximum atomic E-state index is 12.4. The van der Waals surface area contributed by atoms with Gasteiger partial charge in [0.05, 0.1) is 11.8 Å². The standard InChI is InChI=1S/C13H13N5O3S/c19-10-8-6-1-2-7(3-6)9(8)11(20)18(10)4-14-12(21)16-13-17-15-5-22-13/h1-2,5-9H,3-4H2,(H2,14,16,17,21)/t6-,7-,8+,9+/m0/s1. The van der Waals surface area contributed by atoms with Crippen molar-refractivity contribution < 1.29 is 14.4 Å². The molecular formula is C13H13N5O3S. The number of nitrogens with one attached hydrogen (secondary N) is 2. The summed E-state index contributed by atoms with van der Waals surface area (Å²) in [5, 5.41) is 12.6. The van der Waals surface area contributed by atoms with Gasteiger partial charge in [-0.15, -0.1) is 10.2 Å². The second kappa shape index (κ2) is 4.87. The monoisotopic (exact) mass is 319 g/mol. The number of fused-ring (bicyclic) bond motifs is 5. The minimum Gasteiger partial charge on any atom is -0.320 e. The van der Waals surface area contributed by atoms with Crippen LogP contribution in [0.15, 0.2) is 17.7 Å². The van der Waals surface area contributed by atoms with Gasteiger partial charge in [0.1, 0.15) is 12.2 Å². The normalized spacial score (nSPS) is 31.7. The van der Waals surface area contributed by atoms with Crippen molar-refractivity contribution in [2.24, 2.45) is 23.7 Å². The molecule has 2 fully saturated rings. The van der Waals surface area contributed by atoms with Crippen molar-refractivity contribution in [2.45, 2.75) is 6.42 Å². The zero-order chi connectivity index (χ0) is 15.3. The SMILES string of the molecule is O=C(NCN1C(=O)[C@H]2[C@H](C1=O)[C@H]1C=C[C@H]2C1)Nc1nncs1. The van der Waals surface area contributed by atoms with Crippen LogP contribution in [-0.4, -0.2) is 39.6 Å². The summed E-state index contributed by atoms with van der Waals surface area (Å²) >= 11 is 1.18. The predicted molar refractivity (Wildman–Crippen MR) is 76.5 cm³/mol. The molecule has 4 amide bonds. The van der Waals surface area contributed by atoms with Crippen LogP contribution < -0.4 is 10.6 Å². The van der Waals surface area contributed by atoms with E-state index < -0.39 is 6.03 Å². The van der Waals surface area contributed by atoms with Gasteiger partial charge >= 0.3 is 6.03 Å². The number of hydrogen-bond acceptors (Lipinski definition) is 6. The number of urea groups is 1. The Balaban J connectivity index is 1.39. The van der Waals surface area contributed by atoms with Crippen LogP contribution in [0.2, 0.25) is 0 Å². The first kappa shape index (κ1) is 13.4. The van der Waals surface area contributed by atoms with E-state index in [4.69, 9.17) is 0 Å². The Bertz CT molecular complexity index is 643. The molecule has 0 aromatic carbocycles. The molecule has 8 nitrogen and oxygen atoms in total. The number of imide groups is 1. The quantitative estimate of drug-likeness (QED) is 0.621. The molecule has 1 aliphatic heterocycles. The fourth-order valence-electron chi connectivity index (χ4n) is 3.64. The van der Waals surface area contributed by atoms with E-state index in [-0.39, 0.29) is 42.2 Å². The molecule has 2 bridgehead atoms. The number of anilines is 1. The second-order valence-corrected chi connectivity index (χ2v) is 6.47. The molecule has 0 radical (unpaired) electrons. The number of carbonyl (C=O) groups is 3. The number of carbonyl (C=O) groups excluding carboxylic acids is 3. The molecule has 0 unspecified atom stereocenters. The van der Waals surface area contributed by atoms with Crippen LogP contribution in [0.3, 0.4) is 0 Å². The van der Waals surface area contributed by atoms with Gasteiger partial charge in [0.15, 0.2) is 0 Å². The summed E-state index contributed by atoms with van der Waals surface area (Å²) < 4.78 is 0.